The topological polar surface area (TPSA) is 73.2 Å². The van der Waals surface area contributed by atoms with Crippen LogP contribution in [0, 0.1) is 13.8 Å². The predicted octanol–water partition coefficient (Wildman–Crippen LogP) is 4.31. The first-order chi connectivity index (χ1) is 15.0. The van der Waals surface area contributed by atoms with Crippen LogP contribution in [0.1, 0.15) is 41.9 Å². The molecule has 160 valence electrons. The number of amides is 1. The highest BCUT2D eigenvalue weighted by Crippen LogP contribution is 2.20. The number of para-hydroxylation sites is 1. The molecular weight excluding hydrogens is 390 g/mol. The summed E-state index contributed by atoms with van der Waals surface area (Å²) in [6.07, 6.45) is 3.31. The van der Waals surface area contributed by atoms with Crippen LogP contribution in [0.4, 0.5) is 0 Å². The number of esters is 1. The van der Waals surface area contributed by atoms with Gasteiger partial charge in [-0.25, -0.2) is 4.68 Å². The zero-order chi connectivity index (χ0) is 22.2. The molecule has 0 fully saturated rings. The summed E-state index contributed by atoms with van der Waals surface area (Å²) < 4.78 is 6.92. The Balaban J connectivity index is 1.76. The van der Waals surface area contributed by atoms with Gasteiger partial charge in [0.05, 0.1) is 30.5 Å². The molecule has 3 rings (SSSR count). The van der Waals surface area contributed by atoms with Gasteiger partial charge in [-0.3, -0.25) is 9.59 Å². The second-order valence-corrected chi connectivity index (χ2v) is 7.15. The van der Waals surface area contributed by atoms with E-state index in [1.807, 2.05) is 79.2 Å². The maximum absolute atomic E-state index is 12.7. The minimum absolute atomic E-state index is 0.0709. The highest BCUT2D eigenvalue weighted by molar-refractivity contribution is 5.92. The van der Waals surface area contributed by atoms with Crippen molar-refractivity contribution in [2.45, 2.75) is 33.2 Å². The average Bonchev–Trinajstić information content (AvgIpc) is 3.06. The number of hydrogen-bond donors (Lipinski definition) is 1. The van der Waals surface area contributed by atoms with E-state index in [2.05, 4.69) is 10.4 Å². The Morgan fingerprint density at radius 3 is 2.35 bits per heavy atom. The normalized spacial score (nSPS) is 12.0. The van der Waals surface area contributed by atoms with E-state index in [1.165, 1.54) is 6.08 Å². The van der Waals surface area contributed by atoms with E-state index in [1.54, 1.807) is 13.0 Å². The second-order valence-electron chi connectivity index (χ2n) is 7.15. The second kappa shape index (κ2) is 10.4. The fourth-order valence-electron chi connectivity index (χ4n) is 3.42. The van der Waals surface area contributed by atoms with E-state index in [4.69, 9.17) is 4.74 Å². The summed E-state index contributed by atoms with van der Waals surface area (Å²) in [5.74, 6) is -0.638. The Labute approximate surface area is 182 Å². The quantitative estimate of drug-likeness (QED) is 0.438. The molecule has 31 heavy (non-hydrogen) atoms. The number of hydrogen-bond acceptors (Lipinski definition) is 4. The molecule has 1 heterocycles. The lowest BCUT2D eigenvalue weighted by atomic mass is 10.0. The van der Waals surface area contributed by atoms with Crippen LogP contribution in [-0.2, 0) is 14.3 Å². The van der Waals surface area contributed by atoms with Gasteiger partial charge in [-0.1, -0.05) is 48.5 Å². The Morgan fingerprint density at radius 2 is 1.71 bits per heavy atom. The largest absolute Gasteiger partial charge is 0.466 e. The van der Waals surface area contributed by atoms with Gasteiger partial charge in [0.2, 0.25) is 5.91 Å². The number of aromatic nitrogens is 2. The number of nitrogens with zero attached hydrogens (tertiary/aromatic N) is 2. The summed E-state index contributed by atoms with van der Waals surface area (Å²) in [4.78, 5) is 24.7. The molecule has 2 aromatic carbocycles. The van der Waals surface area contributed by atoms with Gasteiger partial charge >= 0.3 is 5.97 Å². The van der Waals surface area contributed by atoms with Gasteiger partial charge in [-0.2, -0.15) is 5.10 Å². The van der Waals surface area contributed by atoms with Crippen LogP contribution in [0.2, 0.25) is 0 Å². The first-order valence-corrected chi connectivity index (χ1v) is 10.3. The average molecular weight is 418 g/mol. The monoisotopic (exact) mass is 417 g/mol. The van der Waals surface area contributed by atoms with E-state index in [0.29, 0.717) is 6.61 Å². The molecule has 0 bridgehead atoms. The Morgan fingerprint density at radius 1 is 1.06 bits per heavy atom. The van der Waals surface area contributed by atoms with Crippen molar-refractivity contribution in [3.63, 3.8) is 0 Å². The van der Waals surface area contributed by atoms with Crippen LogP contribution in [0.25, 0.3) is 11.8 Å². The van der Waals surface area contributed by atoms with Crippen molar-refractivity contribution in [3.8, 4) is 5.69 Å². The van der Waals surface area contributed by atoms with Crippen LogP contribution < -0.4 is 5.32 Å². The Hall–Kier alpha value is -3.67. The maximum atomic E-state index is 12.7. The molecule has 1 atom stereocenters. The number of carbonyl (C=O) groups excluding carboxylic acids is 2. The zero-order valence-corrected chi connectivity index (χ0v) is 18.0. The standard InChI is InChI=1S/C25H27N3O3/c1-4-31-25(30)17-23(20-11-7-5-8-12-20)26-24(29)16-15-22-18(2)27-28(19(22)3)21-13-9-6-10-14-21/h5-16,23H,4,17H2,1-3H3,(H,26,29)/b16-15+. The molecule has 0 radical (unpaired) electrons. The molecule has 0 spiro atoms. The molecule has 6 nitrogen and oxygen atoms in total. The summed E-state index contributed by atoms with van der Waals surface area (Å²) in [5.41, 5.74) is 4.48. The molecule has 6 heteroatoms. The molecule has 0 saturated carbocycles. The van der Waals surface area contributed by atoms with Gasteiger partial charge < -0.3 is 10.1 Å². The minimum Gasteiger partial charge on any atom is -0.466 e. The third-order valence-electron chi connectivity index (χ3n) is 4.94. The number of benzene rings is 2. The Bertz CT molecular complexity index is 1060. The third-order valence-corrected chi connectivity index (χ3v) is 4.94. The van der Waals surface area contributed by atoms with E-state index < -0.39 is 6.04 Å². The van der Waals surface area contributed by atoms with E-state index in [0.717, 1.165) is 28.2 Å². The number of rotatable bonds is 8. The minimum atomic E-state index is -0.466. The van der Waals surface area contributed by atoms with Crippen molar-refractivity contribution in [3.05, 3.63) is 89.3 Å². The number of ether oxygens (including phenoxy) is 1. The van der Waals surface area contributed by atoms with Crippen molar-refractivity contribution in [1.29, 1.82) is 0 Å². The smallest absolute Gasteiger partial charge is 0.308 e. The van der Waals surface area contributed by atoms with E-state index in [9.17, 15) is 9.59 Å². The molecular formula is C25H27N3O3. The highest BCUT2D eigenvalue weighted by Gasteiger charge is 2.18. The van der Waals surface area contributed by atoms with Crippen molar-refractivity contribution < 1.29 is 14.3 Å². The molecule has 0 aliphatic carbocycles. The fourth-order valence-corrected chi connectivity index (χ4v) is 3.42. The fraction of sp³-hybridized carbons (Fsp3) is 0.240. The van der Waals surface area contributed by atoms with Gasteiger partial charge in [-0.05, 0) is 44.5 Å². The highest BCUT2D eigenvalue weighted by atomic mass is 16.5. The third kappa shape index (κ3) is 5.69. The first kappa shape index (κ1) is 22.0. The van der Waals surface area contributed by atoms with Gasteiger partial charge in [0.25, 0.3) is 0 Å². The molecule has 0 aliphatic rings. The zero-order valence-electron chi connectivity index (χ0n) is 18.0. The lowest BCUT2D eigenvalue weighted by Gasteiger charge is -2.17. The summed E-state index contributed by atoms with van der Waals surface area (Å²) in [5, 5.41) is 7.52. The molecule has 1 aromatic heterocycles. The number of aryl methyl sites for hydroxylation is 1. The first-order valence-electron chi connectivity index (χ1n) is 10.3. The van der Waals surface area contributed by atoms with Gasteiger partial charge in [0, 0.05) is 17.3 Å². The van der Waals surface area contributed by atoms with Crippen LogP contribution in [0.3, 0.4) is 0 Å². The maximum Gasteiger partial charge on any atom is 0.308 e. The summed E-state index contributed by atoms with van der Waals surface area (Å²) in [6, 6.07) is 18.8. The van der Waals surface area contributed by atoms with Crippen molar-refractivity contribution in [2.75, 3.05) is 6.61 Å². The van der Waals surface area contributed by atoms with E-state index >= 15 is 0 Å². The molecule has 1 N–H and O–H groups in total. The van der Waals surface area contributed by atoms with Crippen molar-refractivity contribution >= 4 is 18.0 Å². The van der Waals surface area contributed by atoms with Crippen LogP contribution in [-0.4, -0.2) is 28.3 Å². The lowest BCUT2D eigenvalue weighted by molar-refractivity contribution is -0.143. The Kier molecular flexibility index (Phi) is 7.38. The number of carbonyl (C=O) groups is 2. The SMILES string of the molecule is CCOC(=O)CC(NC(=O)/C=C/c1c(C)nn(-c2ccccc2)c1C)c1ccccc1. The van der Waals surface area contributed by atoms with Gasteiger partial charge in [-0.15, -0.1) is 0 Å². The summed E-state index contributed by atoms with van der Waals surface area (Å²) in [6.45, 7) is 5.95. The van der Waals surface area contributed by atoms with E-state index in [-0.39, 0.29) is 18.3 Å². The summed E-state index contributed by atoms with van der Waals surface area (Å²) >= 11 is 0. The lowest BCUT2D eigenvalue weighted by Crippen LogP contribution is -2.29. The van der Waals surface area contributed by atoms with Crippen LogP contribution in [0.5, 0.6) is 0 Å². The van der Waals surface area contributed by atoms with Crippen molar-refractivity contribution in [1.82, 2.24) is 15.1 Å². The molecule has 0 aliphatic heterocycles. The van der Waals surface area contributed by atoms with Gasteiger partial charge in [0.1, 0.15) is 0 Å². The van der Waals surface area contributed by atoms with Gasteiger partial charge in [0.15, 0.2) is 0 Å². The molecule has 1 unspecified atom stereocenters. The van der Waals surface area contributed by atoms with Crippen LogP contribution >= 0.6 is 0 Å². The molecule has 0 saturated heterocycles. The van der Waals surface area contributed by atoms with Crippen molar-refractivity contribution in [2.24, 2.45) is 0 Å². The molecule has 3 aromatic rings. The predicted molar refractivity (Wildman–Crippen MR) is 121 cm³/mol. The number of nitrogens with one attached hydrogen (secondary N) is 1. The molecule has 1 amide bonds. The van der Waals surface area contributed by atoms with Crippen LogP contribution in [0.15, 0.2) is 66.7 Å². The summed E-state index contributed by atoms with van der Waals surface area (Å²) in [7, 11) is 0.